The van der Waals surface area contributed by atoms with E-state index in [0.717, 1.165) is 11.1 Å². The molecule has 0 saturated carbocycles. The van der Waals surface area contributed by atoms with Crippen molar-refractivity contribution in [2.24, 2.45) is 0 Å². The molecule has 0 aliphatic rings. The fraction of sp³-hybridized carbons (Fsp3) is 0.348. The summed E-state index contributed by atoms with van der Waals surface area (Å²) in [5, 5.41) is 5.92. The molecule has 0 spiro atoms. The van der Waals surface area contributed by atoms with E-state index >= 15 is 0 Å². The topological polar surface area (TPSA) is 93.7 Å². The van der Waals surface area contributed by atoms with E-state index in [1.54, 1.807) is 30.3 Å². The number of amides is 2. The van der Waals surface area contributed by atoms with Crippen molar-refractivity contribution >= 4 is 40.8 Å². The van der Waals surface area contributed by atoms with Crippen molar-refractivity contribution in [3.05, 3.63) is 52.5 Å². The van der Waals surface area contributed by atoms with Gasteiger partial charge in [-0.15, -0.1) is 0 Å². The van der Waals surface area contributed by atoms with E-state index in [4.69, 9.17) is 21.1 Å². The molecule has 2 aromatic carbocycles. The smallest absolute Gasteiger partial charge is 0.344 e. The first-order valence-electron chi connectivity index (χ1n) is 9.87. The summed E-state index contributed by atoms with van der Waals surface area (Å²) in [7, 11) is 0. The number of hydrogen-bond donors (Lipinski definition) is 2. The van der Waals surface area contributed by atoms with Gasteiger partial charge >= 0.3 is 5.97 Å². The Balaban J connectivity index is 1.90. The second-order valence-electron chi connectivity index (χ2n) is 7.46. The molecule has 0 unspecified atom stereocenters. The second kappa shape index (κ2) is 10.8. The Kier molecular flexibility index (Phi) is 8.45. The molecular weight excluding hydrogens is 420 g/mol. The lowest BCUT2D eigenvalue weighted by Gasteiger charge is -2.17. The Labute approximate surface area is 187 Å². The number of nitrogens with one attached hydrogen (secondary N) is 2. The molecule has 1 atom stereocenters. The van der Waals surface area contributed by atoms with Gasteiger partial charge in [0.2, 0.25) is 5.91 Å². The van der Waals surface area contributed by atoms with Gasteiger partial charge in [-0.25, -0.2) is 4.79 Å². The lowest BCUT2D eigenvalue weighted by molar-refractivity contribution is -0.155. The highest BCUT2D eigenvalue weighted by Gasteiger charge is 2.19. The van der Waals surface area contributed by atoms with Crippen molar-refractivity contribution in [3.63, 3.8) is 0 Å². The minimum absolute atomic E-state index is 0.158. The Morgan fingerprint density at radius 3 is 2.13 bits per heavy atom. The lowest BCUT2D eigenvalue weighted by atomic mass is 10.0. The average molecular weight is 447 g/mol. The van der Waals surface area contributed by atoms with Gasteiger partial charge in [0.05, 0.1) is 0 Å². The van der Waals surface area contributed by atoms with Crippen LogP contribution in [0.2, 0.25) is 5.02 Å². The van der Waals surface area contributed by atoms with Crippen LogP contribution in [0.1, 0.15) is 44.7 Å². The van der Waals surface area contributed by atoms with Crippen LogP contribution in [-0.4, -0.2) is 30.5 Å². The van der Waals surface area contributed by atoms with Crippen molar-refractivity contribution in [2.45, 2.75) is 46.6 Å². The molecule has 0 aliphatic carbocycles. The molecule has 0 bridgehead atoms. The number of carbonyl (C=O) groups is 3. The Bertz CT molecular complexity index is 957. The Morgan fingerprint density at radius 1 is 1.00 bits per heavy atom. The molecular formula is C23H27ClN2O5. The number of rotatable bonds is 8. The minimum Gasteiger partial charge on any atom is -0.482 e. The van der Waals surface area contributed by atoms with E-state index in [9.17, 15) is 14.4 Å². The van der Waals surface area contributed by atoms with Crippen LogP contribution in [0.3, 0.4) is 0 Å². The number of halogens is 1. The van der Waals surface area contributed by atoms with Crippen LogP contribution in [0.4, 0.5) is 11.4 Å². The largest absolute Gasteiger partial charge is 0.482 e. The van der Waals surface area contributed by atoms with E-state index in [-0.39, 0.29) is 18.4 Å². The van der Waals surface area contributed by atoms with Crippen molar-refractivity contribution in [2.75, 3.05) is 17.2 Å². The summed E-state index contributed by atoms with van der Waals surface area (Å²) >= 11 is 6.18. The first-order valence-corrected chi connectivity index (χ1v) is 10.3. The maximum Gasteiger partial charge on any atom is 0.344 e. The first-order chi connectivity index (χ1) is 14.6. The molecule has 0 fully saturated rings. The molecule has 8 heteroatoms. The van der Waals surface area contributed by atoms with Crippen LogP contribution in [0.5, 0.6) is 5.75 Å². The van der Waals surface area contributed by atoms with Crippen molar-refractivity contribution < 1.29 is 23.9 Å². The van der Waals surface area contributed by atoms with E-state index < -0.39 is 18.0 Å². The van der Waals surface area contributed by atoms with E-state index in [1.807, 2.05) is 26.8 Å². The Hall–Kier alpha value is -3.06. The fourth-order valence-corrected chi connectivity index (χ4v) is 2.92. The van der Waals surface area contributed by atoms with E-state index in [2.05, 4.69) is 10.6 Å². The molecule has 0 radical (unpaired) electrons. The van der Waals surface area contributed by atoms with Gasteiger partial charge in [0, 0.05) is 23.3 Å². The highest BCUT2D eigenvalue weighted by molar-refractivity contribution is 6.31. The zero-order chi connectivity index (χ0) is 23.1. The molecule has 2 rings (SSSR count). The molecule has 166 valence electrons. The Morgan fingerprint density at radius 2 is 1.58 bits per heavy atom. The molecule has 2 amide bonds. The minimum atomic E-state index is -1.01. The number of aryl methyl sites for hydroxylation is 1. The molecule has 31 heavy (non-hydrogen) atoms. The zero-order valence-electron chi connectivity index (χ0n) is 18.2. The number of anilines is 2. The van der Waals surface area contributed by atoms with Gasteiger partial charge in [-0.1, -0.05) is 25.4 Å². The number of benzene rings is 2. The summed E-state index contributed by atoms with van der Waals surface area (Å²) < 4.78 is 10.8. The van der Waals surface area contributed by atoms with Crippen molar-refractivity contribution in [1.29, 1.82) is 0 Å². The normalized spacial score (nSPS) is 11.6. The van der Waals surface area contributed by atoms with Gasteiger partial charge < -0.3 is 20.1 Å². The standard InChI is InChI=1S/C23H27ClN2O5/c1-13(2)19-11-20(24)14(3)10-21(19)30-12-22(28)31-15(4)23(29)26-18-8-6-17(7-9-18)25-16(5)27/h6-11,13,15H,12H2,1-5H3,(H,25,27)(H,26,29)/t15-/m0/s1. The van der Waals surface area contributed by atoms with Crippen molar-refractivity contribution in [1.82, 2.24) is 0 Å². The number of esters is 1. The van der Waals surface area contributed by atoms with Crippen LogP contribution in [0, 0.1) is 6.92 Å². The van der Waals surface area contributed by atoms with Gasteiger partial charge in [0.1, 0.15) is 5.75 Å². The number of ether oxygens (including phenoxy) is 2. The van der Waals surface area contributed by atoms with Crippen LogP contribution in [0.25, 0.3) is 0 Å². The molecule has 0 saturated heterocycles. The zero-order valence-corrected chi connectivity index (χ0v) is 19.0. The third kappa shape index (κ3) is 7.29. The summed E-state index contributed by atoms with van der Waals surface area (Å²) in [6, 6.07) is 10.2. The predicted molar refractivity (Wildman–Crippen MR) is 121 cm³/mol. The fourth-order valence-electron chi connectivity index (χ4n) is 2.75. The molecule has 7 nitrogen and oxygen atoms in total. The van der Waals surface area contributed by atoms with Crippen LogP contribution in [-0.2, 0) is 19.1 Å². The van der Waals surface area contributed by atoms with Gasteiger partial charge in [0.25, 0.3) is 5.91 Å². The summed E-state index contributed by atoms with van der Waals surface area (Å²) in [6.07, 6.45) is -1.01. The SMILES string of the molecule is CC(=O)Nc1ccc(NC(=O)[C@H](C)OC(=O)COc2cc(C)c(Cl)cc2C(C)C)cc1. The lowest BCUT2D eigenvalue weighted by Crippen LogP contribution is -2.31. The van der Waals surface area contributed by atoms with Gasteiger partial charge in [0.15, 0.2) is 12.7 Å². The van der Waals surface area contributed by atoms with Gasteiger partial charge in [-0.05, 0) is 67.3 Å². The number of hydrogen-bond acceptors (Lipinski definition) is 5. The van der Waals surface area contributed by atoms with E-state index in [0.29, 0.717) is 22.1 Å². The quantitative estimate of drug-likeness (QED) is 0.574. The van der Waals surface area contributed by atoms with Crippen LogP contribution in [0.15, 0.2) is 36.4 Å². The van der Waals surface area contributed by atoms with Crippen molar-refractivity contribution in [3.8, 4) is 5.75 Å². The molecule has 0 aromatic heterocycles. The summed E-state index contributed by atoms with van der Waals surface area (Å²) in [5.41, 5.74) is 2.85. The van der Waals surface area contributed by atoms with Crippen LogP contribution >= 0.6 is 11.6 Å². The summed E-state index contributed by atoms with van der Waals surface area (Å²) in [6.45, 7) is 8.41. The predicted octanol–water partition coefficient (Wildman–Crippen LogP) is 4.68. The third-order valence-corrected chi connectivity index (χ3v) is 4.82. The average Bonchev–Trinajstić information content (AvgIpc) is 2.69. The molecule has 2 N–H and O–H groups in total. The maximum absolute atomic E-state index is 12.3. The first kappa shape index (κ1) is 24.2. The van der Waals surface area contributed by atoms with Gasteiger partial charge in [-0.3, -0.25) is 9.59 Å². The molecule has 0 aliphatic heterocycles. The van der Waals surface area contributed by atoms with E-state index in [1.165, 1.54) is 13.8 Å². The second-order valence-corrected chi connectivity index (χ2v) is 7.87. The third-order valence-electron chi connectivity index (χ3n) is 4.41. The highest BCUT2D eigenvalue weighted by Crippen LogP contribution is 2.32. The molecule has 0 heterocycles. The highest BCUT2D eigenvalue weighted by atomic mass is 35.5. The summed E-state index contributed by atoms with van der Waals surface area (Å²) in [4.78, 5) is 35.5. The summed E-state index contributed by atoms with van der Waals surface area (Å²) in [5.74, 6) is -0.610. The number of carbonyl (C=O) groups excluding carboxylic acids is 3. The molecule has 2 aromatic rings. The van der Waals surface area contributed by atoms with Crippen LogP contribution < -0.4 is 15.4 Å². The monoisotopic (exact) mass is 446 g/mol. The van der Waals surface area contributed by atoms with Gasteiger partial charge in [-0.2, -0.15) is 0 Å². The maximum atomic E-state index is 12.3.